The van der Waals surface area contributed by atoms with Crippen LogP contribution in [0.5, 0.6) is 0 Å². The number of aromatic nitrogens is 2. The smallest absolute Gasteiger partial charge is 0.409 e. The number of ether oxygens (including phenoxy) is 2. The quantitative estimate of drug-likeness (QED) is 0.532. The lowest BCUT2D eigenvalue weighted by Crippen LogP contribution is -2.51. The number of anilines is 1. The average molecular weight is 395 g/mol. The van der Waals surface area contributed by atoms with E-state index in [1.165, 1.54) is 18.1 Å². The van der Waals surface area contributed by atoms with Crippen molar-refractivity contribution in [1.82, 2.24) is 19.8 Å². The fraction of sp³-hybridized carbons (Fsp3) is 0.647. The molecule has 2 saturated heterocycles. The van der Waals surface area contributed by atoms with E-state index in [9.17, 15) is 9.59 Å². The van der Waals surface area contributed by atoms with Crippen LogP contribution in [0.15, 0.2) is 17.4 Å². The highest BCUT2D eigenvalue weighted by molar-refractivity contribution is 7.99. The van der Waals surface area contributed by atoms with Gasteiger partial charge in [-0.3, -0.25) is 4.79 Å². The van der Waals surface area contributed by atoms with Crippen molar-refractivity contribution in [2.45, 2.75) is 11.9 Å². The summed E-state index contributed by atoms with van der Waals surface area (Å²) in [4.78, 5) is 38.3. The van der Waals surface area contributed by atoms with Gasteiger partial charge in [0.25, 0.3) is 0 Å². The van der Waals surface area contributed by atoms with Crippen LogP contribution in [-0.4, -0.2) is 96.6 Å². The van der Waals surface area contributed by atoms with Crippen LogP contribution >= 0.6 is 11.8 Å². The zero-order valence-electron chi connectivity index (χ0n) is 15.5. The third-order valence-electron chi connectivity index (χ3n) is 4.46. The molecule has 0 aliphatic carbocycles. The predicted molar refractivity (Wildman–Crippen MR) is 101 cm³/mol. The molecule has 0 radical (unpaired) electrons. The maximum absolute atomic E-state index is 12.5. The van der Waals surface area contributed by atoms with Crippen LogP contribution < -0.4 is 4.90 Å². The van der Waals surface area contributed by atoms with Crippen LogP contribution in [0.3, 0.4) is 0 Å². The Kier molecular flexibility index (Phi) is 7.11. The molecule has 3 rings (SSSR count). The summed E-state index contributed by atoms with van der Waals surface area (Å²) >= 11 is 1.41. The van der Waals surface area contributed by atoms with E-state index in [0.717, 1.165) is 23.9 Å². The summed E-state index contributed by atoms with van der Waals surface area (Å²) in [5, 5.41) is 0.782. The van der Waals surface area contributed by atoms with Gasteiger partial charge in [0.1, 0.15) is 17.2 Å². The standard InChI is InChI=1S/C17H25N5O4S/c1-2-26-17(24)22-5-3-21(4-6-22)16(23)12-27-15-11-14(18-13-19-15)20-7-9-25-10-8-20/h11,13H,2-10,12H2,1H3. The van der Waals surface area contributed by atoms with E-state index in [4.69, 9.17) is 9.47 Å². The number of piperazine rings is 1. The molecule has 148 valence electrons. The molecule has 0 aromatic carbocycles. The first-order valence-electron chi connectivity index (χ1n) is 9.14. The fourth-order valence-electron chi connectivity index (χ4n) is 2.95. The summed E-state index contributed by atoms with van der Waals surface area (Å²) in [6, 6.07) is 1.92. The van der Waals surface area contributed by atoms with Gasteiger partial charge in [-0.15, -0.1) is 0 Å². The Balaban J connectivity index is 1.46. The zero-order chi connectivity index (χ0) is 19.1. The van der Waals surface area contributed by atoms with Crippen molar-refractivity contribution < 1.29 is 19.1 Å². The molecule has 0 spiro atoms. The van der Waals surface area contributed by atoms with Crippen molar-refractivity contribution in [3.63, 3.8) is 0 Å². The number of hydrogen-bond donors (Lipinski definition) is 0. The lowest BCUT2D eigenvalue weighted by atomic mass is 10.3. The van der Waals surface area contributed by atoms with E-state index < -0.39 is 0 Å². The minimum atomic E-state index is -0.310. The van der Waals surface area contributed by atoms with Gasteiger partial charge in [-0.25, -0.2) is 14.8 Å². The third kappa shape index (κ3) is 5.46. The van der Waals surface area contributed by atoms with Gasteiger partial charge in [0.05, 0.1) is 25.6 Å². The second-order valence-electron chi connectivity index (χ2n) is 6.17. The van der Waals surface area contributed by atoms with Crippen molar-refractivity contribution in [3.8, 4) is 0 Å². The normalized spacial score (nSPS) is 17.7. The first kappa shape index (κ1) is 19.7. The number of carbonyl (C=O) groups is 2. The summed E-state index contributed by atoms with van der Waals surface area (Å²) < 4.78 is 10.4. The number of morpholine rings is 1. The Morgan fingerprint density at radius 3 is 2.52 bits per heavy atom. The number of hydrogen-bond acceptors (Lipinski definition) is 8. The molecular weight excluding hydrogens is 370 g/mol. The summed E-state index contributed by atoms with van der Waals surface area (Å²) in [7, 11) is 0. The molecule has 2 amide bonds. The molecule has 2 aliphatic rings. The Morgan fingerprint density at radius 1 is 1.11 bits per heavy atom. The molecular formula is C17H25N5O4S. The monoisotopic (exact) mass is 395 g/mol. The molecule has 9 nitrogen and oxygen atoms in total. The number of carbonyl (C=O) groups excluding carboxylic acids is 2. The third-order valence-corrected chi connectivity index (χ3v) is 5.37. The van der Waals surface area contributed by atoms with Crippen LogP contribution in [-0.2, 0) is 14.3 Å². The van der Waals surface area contributed by atoms with E-state index in [0.29, 0.717) is 51.8 Å². The van der Waals surface area contributed by atoms with Gasteiger partial charge in [0, 0.05) is 45.3 Å². The van der Waals surface area contributed by atoms with E-state index >= 15 is 0 Å². The maximum Gasteiger partial charge on any atom is 0.409 e. The lowest BCUT2D eigenvalue weighted by Gasteiger charge is -2.34. The van der Waals surface area contributed by atoms with Gasteiger partial charge in [-0.1, -0.05) is 11.8 Å². The minimum Gasteiger partial charge on any atom is -0.450 e. The molecule has 0 bridgehead atoms. The van der Waals surface area contributed by atoms with Crippen LogP contribution in [0.1, 0.15) is 6.92 Å². The molecule has 2 aliphatic heterocycles. The number of rotatable bonds is 5. The molecule has 0 atom stereocenters. The highest BCUT2D eigenvalue weighted by Gasteiger charge is 2.25. The fourth-order valence-corrected chi connectivity index (χ4v) is 3.72. The summed E-state index contributed by atoms with van der Waals surface area (Å²) in [6.07, 6.45) is 1.23. The Bertz CT molecular complexity index is 648. The molecule has 27 heavy (non-hydrogen) atoms. The Morgan fingerprint density at radius 2 is 1.81 bits per heavy atom. The topological polar surface area (TPSA) is 88.1 Å². The number of amides is 2. The van der Waals surface area contributed by atoms with Crippen molar-refractivity contribution in [3.05, 3.63) is 12.4 Å². The van der Waals surface area contributed by atoms with Crippen LogP contribution in [0.2, 0.25) is 0 Å². The first-order chi connectivity index (χ1) is 13.2. The number of thioether (sulfide) groups is 1. The number of nitrogens with zero attached hydrogens (tertiary/aromatic N) is 5. The first-order valence-corrected chi connectivity index (χ1v) is 10.1. The lowest BCUT2D eigenvalue weighted by molar-refractivity contribution is -0.129. The highest BCUT2D eigenvalue weighted by atomic mass is 32.2. The van der Waals surface area contributed by atoms with Crippen molar-refractivity contribution >= 4 is 29.6 Å². The molecule has 0 unspecified atom stereocenters. The SMILES string of the molecule is CCOC(=O)N1CCN(C(=O)CSc2cc(N3CCOCC3)ncn2)CC1. The second kappa shape index (κ2) is 9.75. The van der Waals surface area contributed by atoms with Gasteiger partial charge in [0.2, 0.25) is 5.91 Å². The molecule has 10 heteroatoms. The predicted octanol–water partition coefficient (Wildman–Crippen LogP) is 0.706. The van der Waals surface area contributed by atoms with E-state index in [1.54, 1.807) is 16.7 Å². The largest absolute Gasteiger partial charge is 0.450 e. The Hall–Kier alpha value is -2.07. The molecule has 1 aromatic rings. The van der Waals surface area contributed by atoms with Crippen LogP contribution in [0.25, 0.3) is 0 Å². The molecule has 1 aromatic heterocycles. The second-order valence-corrected chi connectivity index (χ2v) is 7.16. The zero-order valence-corrected chi connectivity index (χ0v) is 16.3. The van der Waals surface area contributed by atoms with Crippen molar-refractivity contribution in [2.24, 2.45) is 0 Å². The van der Waals surface area contributed by atoms with Gasteiger partial charge in [0.15, 0.2) is 0 Å². The summed E-state index contributed by atoms with van der Waals surface area (Å²) in [6.45, 7) is 7.23. The average Bonchev–Trinajstić information content (AvgIpc) is 2.73. The summed E-state index contributed by atoms with van der Waals surface area (Å²) in [5.74, 6) is 1.24. The maximum atomic E-state index is 12.5. The molecule has 0 N–H and O–H groups in total. The van der Waals surface area contributed by atoms with E-state index in [2.05, 4.69) is 14.9 Å². The van der Waals surface area contributed by atoms with Crippen molar-refractivity contribution in [1.29, 1.82) is 0 Å². The van der Waals surface area contributed by atoms with Gasteiger partial charge >= 0.3 is 6.09 Å². The van der Waals surface area contributed by atoms with Gasteiger partial charge in [-0.05, 0) is 6.92 Å². The van der Waals surface area contributed by atoms with E-state index in [-0.39, 0.29) is 12.0 Å². The Labute approximate surface area is 163 Å². The molecule has 0 saturated carbocycles. The minimum absolute atomic E-state index is 0.0510. The van der Waals surface area contributed by atoms with Crippen LogP contribution in [0, 0.1) is 0 Å². The van der Waals surface area contributed by atoms with Crippen LogP contribution in [0.4, 0.5) is 10.6 Å². The summed E-state index contributed by atoms with van der Waals surface area (Å²) in [5.41, 5.74) is 0. The molecule has 3 heterocycles. The van der Waals surface area contributed by atoms with Gasteiger partial charge in [-0.2, -0.15) is 0 Å². The van der Waals surface area contributed by atoms with Crippen molar-refractivity contribution in [2.75, 3.05) is 69.7 Å². The molecule has 2 fully saturated rings. The van der Waals surface area contributed by atoms with E-state index in [1.807, 2.05) is 6.07 Å². The van der Waals surface area contributed by atoms with Gasteiger partial charge < -0.3 is 24.2 Å². The highest BCUT2D eigenvalue weighted by Crippen LogP contribution is 2.21.